The fourth-order valence-electron chi connectivity index (χ4n) is 1.83. The smallest absolute Gasteiger partial charge is 0.213 e. The predicted molar refractivity (Wildman–Crippen MR) is 70.9 cm³/mol. The largest absolute Gasteiger partial charge is 0.493 e. The number of nitrogens with one attached hydrogen (secondary N) is 1. The molecular weight excluding hydrogens is 262 g/mol. The molecule has 0 aliphatic carbocycles. The molecule has 0 aliphatic rings. The number of rotatable bonds is 7. The lowest BCUT2D eigenvalue weighted by molar-refractivity contribution is 0.323. The minimum absolute atomic E-state index is 0.521. The van der Waals surface area contributed by atoms with Gasteiger partial charge in [0.25, 0.3) is 0 Å². The van der Waals surface area contributed by atoms with Crippen LogP contribution in [0.2, 0.25) is 0 Å². The topological polar surface area (TPSA) is 78.6 Å². The molecule has 0 atom stereocenters. The second kappa shape index (κ2) is 6.76. The van der Waals surface area contributed by atoms with E-state index in [9.17, 15) is 0 Å². The summed E-state index contributed by atoms with van der Waals surface area (Å²) in [6, 6.07) is 3.79. The highest BCUT2D eigenvalue weighted by molar-refractivity contribution is 5.53. The van der Waals surface area contributed by atoms with Crippen LogP contribution in [0, 0.1) is 0 Å². The van der Waals surface area contributed by atoms with Crippen LogP contribution in [0.5, 0.6) is 17.2 Å². The van der Waals surface area contributed by atoms with Crippen LogP contribution in [0.15, 0.2) is 23.0 Å². The first-order valence-electron chi connectivity index (χ1n) is 6.03. The third-order valence-corrected chi connectivity index (χ3v) is 2.74. The van der Waals surface area contributed by atoms with Crippen molar-refractivity contribution >= 4 is 0 Å². The average Bonchev–Trinajstić information content (AvgIpc) is 2.99. The SMILES string of the molecule is COc1cc(CNCc2ncon2)cc(OC)c1OC. The van der Waals surface area contributed by atoms with Crippen molar-refractivity contribution in [3.8, 4) is 17.2 Å². The zero-order valence-electron chi connectivity index (χ0n) is 11.7. The second-order valence-electron chi connectivity index (χ2n) is 3.98. The molecule has 0 spiro atoms. The van der Waals surface area contributed by atoms with E-state index in [0.29, 0.717) is 36.2 Å². The molecule has 0 amide bonds. The highest BCUT2D eigenvalue weighted by Gasteiger charge is 2.12. The van der Waals surface area contributed by atoms with E-state index in [0.717, 1.165) is 5.56 Å². The fourth-order valence-corrected chi connectivity index (χ4v) is 1.83. The summed E-state index contributed by atoms with van der Waals surface area (Å²) in [6.45, 7) is 1.14. The Bertz CT molecular complexity index is 518. The number of methoxy groups -OCH3 is 3. The minimum Gasteiger partial charge on any atom is -0.493 e. The number of ether oxygens (including phenoxy) is 3. The van der Waals surface area contributed by atoms with Gasteiger partial charge in [-0.2, -0.15) is 4.98 Å². The molecule has 0 fully saturated rings. The van der Waals surface area contributed by atoms with Gasteiger partial charge in [-0.1, -0.05) is 5.16 Å². The average molecular weight is 279 g/mol. The summed E-state index contributed by atoms with van der Waals surface area (Å²) in [4.78, 5) is 3.93. The van der Waals surface area contributed by atoms with E-state index in [4.69, 9.17) is 14.2 Å². The van der Waals surface area contributed by atoms with E-state index in [1.807, 2.05) is 12.1 Å². The Hall–Kier alpha value is -2.28. The predicted octanol–water partition coefficient (Wildman–Crippen LogP) is 1.39. The monoisotopic (exact) mass is 279 g/mol. The van der Waals surface area contributed by atoms with Crippen LogP contribution < -0.4 is 19.5 Å². The molecule has 2 aromatic rings. The Kier molecular flexibility index (Phi) is 4.78. The number of nitrogens with zero attached hydrogens (tertiary/aromatic N) is 2. The van der Waals surface area contributed by atoms with Gasteiger partial charge in [0, 0.05) is 6.54 Å². The van der Waals surface area contributed by atoms with Gasteiger partial charge in [-0.05, 0) is 17.7 Å². The molecule has 1 aromatic carbocycles. The molecule has 1 N–H and O–H groups in total. The summed E-state index contributed by atoms with van der Waals surface area (Å²) in [7, 11) is 4.76. The van der Waals surface area contributed by atoms with Crippen LogP contribution in [-0.4, -0.2) is 31.5 Å². The Balaban J connectivity index is 2.07. The number of benzene rings is 1. The van der Waals surface area contributed by atoms with Gasteiger partial charge in [-0.15, -0.1) is 0 Å². The van der Waals surface area contributed by atoms with E-state index >= 15 is 0 Å². The van der Waals surface area contributed by atoms with Crippen molar-refractivity contribution in [3.63, 3.8) is 0 Å². The lowest BCUT2D eigenvalue weighted by Crippen LogP contribution is -2.14. The molecule has 0 saturated carbocycles. The summed E-state index contributed by atoms with van der Waals surface area (Å²) in [5.74, 6) is 2.45. The fraction of sp³-hybridized carbons (Fsp3) is 0.385. The van der Waals surface area contributed by atoms with Crippen molar-refractivity contribution in [3.05, 3.63) is 29.9 Å². The molecule has 0 radical (unpaired) electrons. The molecular formula is C13H17N3O4. The Morgan fingerprint density at radius 3 is 2.25 bits per heavy atom. The minimum atomic E-state index is 0.521. The van der Waals surface area contributed by atoms with Crippen LogP contribution in [-0.2, 0) is 13.1 Å². The van der Waals surface area contributed by atoms with Gasteiger partial charge in [0.15, 0.2) is 17.3 Å². The molecule has 1 heterocycles. The number of hydrogen-bond acceptors (Lipinski definition) is 7. The van der Waals surface area contributed by atoms with Crippen LogP contribution in [0.3, 0.4) is 0 Å². The first kappa shape index (κ1) is 14.1. The van der Waals surface area contributed by atoms with Gasteiger partial charge in [0.1, 0.15) is 0 Å². The normalized spacial score (nSPS) is 10.3. The maximum absolute atomic E-state index is 5.30. The van der Waals surface area contributed by atoms with Crippen molar-refractivity contribution in [1.82, 2.24) is 15.5 Å². The first-order chi connectivity index (χ1) is 9.78. The van der Waals surface area contributed by atoms with Gasteiger partial charge in [0.2, 0.25) is 12.1 Å². The van der Waals surface area contributed by atoms with E-state index in [1.165, 1.54) is 6.39 Å². The molecule has 7 nitrogen and oxygen atoms in total. The van der Waals surface area contributed by atoms with Crippen LogP contribution in [0.1, 0.15) is 11.4 Å². The molecule has 2 rings (SSSR count). The second-order valence-corrected chi connectivity index (χ2v) is 3.98. The summed E-state index contributed by atoms with van der Waals surface area (Å²) in [6.07, 6.45) is 1.30. The zero-order chi connectivity index (χ0) is 14.4. The summed E-state index contributed by atoms with van der Waals surface area (Å²) in [5, 5.41) is 6.93. The Labute approximate surface area is 116 Å². The van der Waals surface area contributed by atoms with E-state index in [-0.39, 0.29) is 0 Å². The van der Waals surface area contributed by atoms with Gasteiger partial charge < -0.3 is 24.1 Å². The van der Waals surface area contributed by atoms with E-state index in [2.05, 4.69) is 20.0 Å². The molecule has 108 valence electrons. The van der Waals surface area contributed by atoms with Crippen molar-refractivity contribution in [1.29, 1.82) is 0 Å². The van der Waals surface area contributed by atoms with Gasteiger partial charge >= 0.3 is 0 Å². The number of hydrogen-bond donors (Lipinski definition) is 1. The van der Waals surface area contributed by atoms with E-state index < -0.39 is 0 Å². The standard InChI is InChI=1S/C13H17N3O4/c1-17-10-4-9(5-11(18-2)13(10)19-3)6-14-7-12-15-8-20-16-12/h4-5,8,14H,6-7H2,1-3H3. The van der Waals surface area contributed by atoms with Crippen LogP contribution in [0.25, 0.3) is 0 Å². The molecule has 1 aromatic heterocycles. The zero-order valence-corrected chi connectivity index (χ0v) is 11.7. The Morgan fingerprint density at radius 1 is 1.05 bits per heavy atom. The maximum Gasteiger partial charge on any atom is 0.213 e. The summed E-state index contributed by atoms with van der Waals surface area (Å²) < 4.78 is 20.5. The van der Waals surface area contributed by atoms with Crippen molar-refractivity contribution < 1.29 is 18.7 Å². The molecule has 0 aliphatic heterocycles. The third kappa shape index (κ3) is 3.18. The first-order valence-corrected chi connectivity index (χ1v) is 6.03. The molecule has 0 saturated heterocycles. The lowest BCUT2D eigenvalue weighted by atomic mass is 10.2. The summed E-state index contributed by atoms with van der Waals surface area (Å²) >= 11 is 0. The molecule has 7 heteroatoms. The van der Waals surface area contributed by atoms with E-state index in [1.54, 1.807) is 21.3 Å². The lowest BCUT2D eigenvalue weighted by Gasteiger charge is -2.14. The molecule has 20 heavy (non-hydrogen) atoms. The molecule has 0 unspecified atom stereocenters. The molecule has 0 bridgehead atoms. The highest BCUT2D eigenvalue weighted by atomic mass is 16.5. The van der Waals surface area contributed by atoms with Crippen LogP contribution in [0.4, 0.5) is 0 Å². The van der Waals surface area contributed by atoms with Gasteiger partial charge in [-0.3, -0.25) is 0 Å². The Morgan fingerprint density at radius 2 is 1.75 bits per heavy atom. The van der Waals surface area contributed by atoms with Crippen LogP contribution >= 0.6 is 0 Å². The highest BCUT2D eigenvalue weighted by Crippen LogP contribution is 2.38. The summed E-state index contributed by atoms with van der Waals surface area (Å²) in [5.41, 5.74) is 1.00. The van der Waals surface area contributed by atoms with Gasteiger partial charge in [-0.25, -0.2) is 0 Å². The quantitative estimate of drug-likeness (QED) is 0.820. The maximum atomic E-state index is 5.30. The van der Waals surface area contributed by atoms with Crippen molar-refractivity contribution in [2.45, 2.75) is 13.1 Å². The third-order valence-electron chi connectivity index (χ3n) is 2.74. The van der Waals surface area contributed by atoms with Crippen molar-refractivity contribution in [2.75, 3.05) is 21.3 Å². The van der Waals surface area contributed by atoms with Gasteiger partial charge in [0.05, 0.1) is 27.9 Å². The van der Waals surface area contributed by atoms with Crippen molar-refractivity contribution in [2.24, 2.45) is 0 Å². The number of aromatic nitrogens is 2.